The van der Waals surface area contributed by atoms with Gasteiger partial charge in [0.05, 0.1) is 11.9 Å². The van der Waals surface area contributed by atoms with E-state index >= 15 is 0 Å². The number of rotatable bonds is 13. The molecule has 7 nitrogen and oxygen atoms in total. The predicted octanol–water partition coefficient (Wildman–Crippen LogP) is 3.92. The first-order valence-corrected chi connectivity index (χ1v) is 14.1. The van der Waals surface area contributed by atoms with Crippen molar-refractivity contribution in [2.75, 3.05) is 23.7 Å². The molecule has 2 aromatic rings. The molecule has 2 amide bonds. The Morgan fingerprint density at radius 2 is 1.69 bits per heavy atom. The van der Waals surface area contributed by atoms with Gasteiger partial charge in [-0.25, -0.2) is 8.42 Å². The molecule has 0 aliphatic carbocycles. The number of amides is 2. The first-order valence-electron chi connectivity index (χ1n) is 12.2. The largest absolute Gasteiger partial charge is 0.352 e. The van der Waals surface area contributed by atoms with E-state index in [0.29, 0.717) is 25.1 Å². The summed E-state index contributed by atoms with van der Waals surface area (Å²) in [6.45, 7) is 8.18. The summed E-state index contributed by atoms with van der Waals surface area (Å²) in [7, 11) is -3.50. The highest BCUT2D eigenvalue weighted by molar-refractivity contribution is 7.92. The van der Waals surface area contributed by atoms with Gasteiger partial charge in [0.15, 0.2) is 0 Å². The number of sulfonamides is 1. The van der Waals surface area contributed by atoms with Crippen molar-refractivity contribution in [2.45, 2.75) is 65.5 Å². The van der Waals surface area contributed by atoms with Gasteiger partial charge in [-0.1, -0.05) is 49.4 Å². The molecule has 0 saturated carbocycles. The van der Waals surface area contributed by atoms with Crippen LogP contribution >= 0.6 is 0 Å². The van der Waals surface area contributed by atoms with Gasteiger partial charge in [0, 0.05) is 25.6 Å². The lowest BCUT2D eigenvalue weighted by atomic mass is 10.1. The zero-order valence-corrected chi connectivity index (χ0v) is 22.3. The maximum Gasteiger partial charge on any atom is 0.242 e. The zero-order valence-electron chi connectivity index (χ0n) is 21.5. The van der Waals surface area contributed by atoms with Crippen molar-refractivity contribution in [1.29, 1.82) is 0 Å². The smallest absolute Gasteiger partial charge is 0.242 e. The fraction of sp³-hybridized carbons (Fsp3) is 0.481. The quantitative estimate of drug-likeness (QED) is 0.451. The Kier molecular flexibility index (Phi) is 10.8. The van der Waals surface area contributed by atoms with E-state index in [0.717, 1.165) is 17.5 Å². The molecule has 0 aromatic heterocycles. The fourth-order valence-electron chi connectivity index (χ4n) is 3.82. The minimum Gasteiger partial charge on any atom is -0.352 e. The summed E-state index contributed by atoms with van der Waals surface area (Å²) in [6, 6.07) is 16.5. The molecule has 0 bridgehead atoms. The van der Waals surface area contributed by atoms with E-state index in [1.807, 2.05) is 69.3 Å². The number of anilines is 1. The summed E-state index contributed by atoms with van der Waals surface area (Å²) >= 11 is 0. The molecule has 35 heavy (non-hydrogen) atoms. The van der Waals surface area contributed by atoms with Gasteiger partial charge in [-0.05, 0) is 63.3 Å². The van der Waals surface area contributed by atoms with Crippen LogP contribution in [0.3, 0.4) is 0 Å². The Morgan fingerprint density at radius 1 is 1.00 bits per heavy atom. The summed E-state index contributed by atoms with van der Waals surface area (Å²) in [6.07, 6.45) is 3.10. The second kappa shape index (κ2) is 13.3. The van der Waals surface area contributed by atoms with Crippen LogP contribution in [0, 0.1) is 6.92 Å². The third-order valence-corrected chi connectivity index (χ3v) is 7.29. The Balaban J connectivity index is 2.11. The molecule has 192 valence electrons. The molecule has 0 aliphatic heterocycles. The average Bonchev–Trinajstić information content (AvgIpc) is 2.81. The van der Waals surface area contributed by atoms with Crippen LogP contribution in [0.2, 0.25) is 0 Å². The lowest BCUT2D eigenvalue weighted by Gasteiger charge is -2.30. The Hall–Kier alpha value is -2.87. The second-order valence-electron chi connectivity index (χ2n) is 9.09. The van der Waals surface area contributed by atoms with Crippen LogP contribution in [0.4, 0.5) is 5.69 Å². The standard InChI is InChI=1S/C27H39N3O4S/c1-6-22(3)28-27(32)23(4)29(19-17-24-13-8-7-9-14-24)26(31)16-11-18-30(35(5,33)34)25-15-10-12-21(2)20-25/h7-10,12-15,20,22-23H,6,11,16-19H2,1-5H3,(H,28,32)/t22-,23-/m0/s1. The van der Waals surface area contributed by atoms with Gasteiger partial charge in [0.25, 0.3) is 0 Å². The molecular formula is C27H39N3O4S. The van der Waals surface area contributed by atoms with Gasteiger partial charge in [-0.15, -0.1) is 0 Å². The Labute approximate surface area is 210 Å². The number of hydrogen-bond acceptors (Lipinski definition) is 4. The van der Waals surface area contributed by atoms with Crippen molar-refractivity contribution >= 4 is 27.5 Å². The topological polar surface area (TPSA) is 86.8 Å². The molecule has 0 unspecified atom stereocenters. The second-order valence-corrected chi connectivity index (χ2v) is 11.0. The summed E-state index contributed by atoms with van der Waals surface area (Å²) in [4.78, 5) is 27.7. The molecule has 8 heteroatoms. The molecule has 0 fully saturated rings. The van der Waals surface area contributed by atoms with Gasteiger partial charge < -0.3 is 10.2 Å². The number of hydrogen-bond donors (Lipinski definition) is 1. The molecule has 0 heterocycles. The van der Waals surface area contributed by atoms with Crippen molar-refractivity contribution < 1.29 is 18.0 Å². The first-order chi connectivity index (χ1) is 16.5. The molecule has 0 saturated heterocycles. The van der Waals surface area contributed by atoms with Crippen molar-refractivity contribution in [3.63, 3.8) is 0 Å². The molecule has 2 aromatic carbocycles. The number of carbonyl (C=O) groups excluding carboxylic acids is 2. The van der Waals surface area contributed by atoms with Gasteiger partial charge in [-0.2, -0.15) is 0 Å². The zero-order chi connectivity index (χ0) is 26.0. The molecule has 0 spiro atoms. The third kappa shape index (κ3) is 9.02. The minimum atomic E-state index is -3.50. The monoisotopic (exact) mass is 501 g/mol. The average molecular weight is 502 g/mol. The fourth-order valence-corrected chi connectivity index (χ4v) is 4.78. The number of nitrogens with one attached hydrogen (secondary N) is 1. The van der Waals surface area contributed by atoms with E-state index in [1.165, 1.54) is 10.6 Å². The summed E-state index contributed by atoms with van der Waals surface area (Å²) < 4.78 is 26.2. The molecule has 1 N–H and O–H groups in total. The maximum absolute atomic E-state index is 13.3. The van der Waals surface area contributed by atoms with Gasteiger partial charge >= 0.3 is 0 Å². The number of carbonyl (C=O) groups is 2. The van der Waals surface area contributed by atoms with Crippen LogP contribution in [0.1, 0.15) is 51.2 Å². The molecular weight excluding hydrogens is 462 g/mol. The first kappa shape index (κ1) is 28.4. The highest BCUT2D eigenvalue weighted by Crippen LogP contribution is 2.20. The lowest BCUT2D eigenvalue weighted by molar-refractivity contribution is -0.140. The molecule has 0 radical (unpaired) electrons. The number of benzene rings is 2. The predicted molar refractivity (Wildman–Crippen MR) is 142 cm³/mol. The van der Waals surface area contributed by atoms with Crippen LogP contribution < -0.4 is 9.62 Å². The van der Waals surface area contributed by atoms with Crippen molar-refractivity contribution in [3.05, 3.63) is 65.7 Å². The van der Waals surface area contributed by atoms with Crippen LogP contribution in [0.15, 0.2) is 54.6 Å². The Morgan fingerprint density at radius 3 is 2.29 bits per heavy atom. The van der Waals surface area contributed by atoms with Crippen LogP contribution in [-0.2, 0) is 26.0 Å². The summed E-state index contributed by atoms with van der Waals surface area (Å²) in [5.41, 5.74) is 2.63. The van der Waals surface area contributed by atoms with E-state index in [4.69, 9.17) is 0 Å². The normalized spacial score (nSPS) is 13.1. The molecule has 0 aliphatic rings. The minimum absolute atomic E-state index is 0.0219. The van der Waals surface area contributed by atoms with E-state index < -0.39 is 16.1 Å². The highest BCUT2D eigenvalue weighted by Gasteiger charge is 2.26. The van der Waals surface area contributed by atoms with Gasteiger partial charge in [0.1, 0.15) is 6.04 Å². The van der Waals surface area contributed by atoms with Crippen molar-refractivity contribution in [1.82, 2.24) is 10.2 Å². The van der Waals surface area contributed by atoms with E-state index in [9.17, 15) is 18.0 Å². The third-order valence-electron chi connectivity index (χ3n) is 6.09. The van der Waals surface area contributed by atoms with Crippen molar-refractivity contribution in [2.24, 2.45) is 0 Å². The van der Waals surface area contributed by atoms with E-state index in [2.05, 4.69) is 5.32 Å². The lowest BCUT2D eigenvalue weighted by Crippen LogP contribution is -2.50. The molecule has 2 rings (SSSR count). The van der Waals surface area contributed by atoms with Crippen molar-refractivity contribution in [3.8, 4) is 0 Å². The van der Waals surface area contributed by atoms with Gasteiger partial charge in [0.2, 0.25) is 21.8 Å². The van der Waals surface area contributed by atoms with Gasteiger partial charge in [-0.3, -0.25) is 13.9 Å². The van der Waals surface area contributed by atoms with Crippen LogP contribution in [0.5, 0.6) is 0 Å². The van der Waals surface area contributed by atoms with E-state index in [1.54, 1.807) is 17.9 Å². The SMILES string of the molecule is CC[C@H](C)NC(=O)[C@H](C)N(CCc1ccccc1)C(=O)CCCN(c1cccc(C)c1)S(C)(=O)=O. The molecule has 2 atom stereocenters. The highest BCUT2D eigenvalue weighted by atomic mass is 32.2. The maximum atomic E-state index is 13.3. The summed E-state index contributed by atoms with van der Waals surface area (Å²) in [5, 5.41) is 2.96. The number of nitrogens with zero attached hydrogens (tertiary/aromatic N) is 2. The Bertz CT molecular complexity index is 1070. The summed E-state index contributed by atoms with van der Waals surface area (Å²) in [5.74, 6) is -0.344. The van der Waals surface area contributed by atoms with E-state index in [-0.39, 0.29) is 30.8 Å². The van der Waals surface area contributed by atoms with Crippen LogP contribution in [0.25, 0.3) is 0 Å². The van der Waals surface area contributed by atoms with Crippen LogP contribution in [-0.4, -0.2) is 56.6 Å². The number of aryl methyl sites for hydroxylation is 1.